The molecule has 0 radical (unpaired) electrons. The topological polar surface area (TPSA) is 72.0 Å². The first-order chi connectivity index (χ1) is 8.22. The highest BCUT2D eigenvalue weighted by Gasteiger charge is 2.12. The standard InChI is InChI=1S/C12H10N2O3/c1-17-12(16)9-7-10(13-14-11(9)15)8-5-3-2-4-6-8/h2-7H,1H3,(H,14,15). The molecule has 86 valence electrons. The van der Waals surface area contributed by atoms with Crippen LogP contribution in [0.15, 0.2) is 41.2 Å². The monoisotopic (exact) mass is 230 g/mol. The van der Waals surface area contributed by atoms with Crippen LogP contribution in [-0.2, 0) is 4.74 Å². The molecule has 0 saturated heterocycles. The van der Waals surface area contributed by atoms with Crippen molar-refractivity contribution in [2.24, 2.45) is 0 Å². The second kappa shape index (κ2) is 4.61. The molecule has 0 fully saturated rings. The molecule has 0 amide bonds. The zero-order valence-electron chi connectivity index (χ0n) is 9.14. The van der Waals surface area contributed by atoms with Gasteiger partial charge in [0.1, 0.15) is 5.56 Å². The lowest BCUT2D eigenvalue weighted by Gasteiger charge is -2.02. The van der Waals surface area contributed by atoms with Crippen molar-refractivity contribution in [3.05, 3.63) is 52.3 Å². The van der Waals surface area contributed by atoms with Gasteiger partial charge in [-0.1, -0.05) is 30.3 Å². The number of benzene rings is 1. The fourth-order valence-corrected chi connectivity index (χ4v) is 1.42. The van der Waals surface area contributed by atoms with E-state index in [1.54, 1.807) is 0 Å². The molecule has 1 heterocycles. The Labute approximate surface area is 97.1 Å². The average Bonchev–Trinajstić information content (AvgIpc) is 2.39. The molecule has 1 aromatic heterocycles. The Balaban J connectivity index is 2.52. The predicted molar refractivity (Wildman–Crippen MR) is 61.6 cm³/mol. The van der Waals surface area contributed by atoms with Gasteiger partial charge < -0.3 is 4.74 Å². The maximum atomic E-state index is 11.4. The van der Waals surface area contributed by atoms with Gasteiger partial charge in [-0.05, 0) is 6.07 Å². The van der Waals surface area contributed by atoms with E-state index in [9.17, 15) is 9.59 Å². The van der Waals surface area contributed by atoms with Gasteiger partial charge >= 0.3 is 5.97 Å². The Morgan fingerprint density at radius 1 is 1.29 bits per heavy atom. The van der Waals surface area contributed by atoms with Gasteiger partial charge in [-0.2, -0.15) is 5.10 Å². The summed E-state index contributed by atoms with van der Waals surface area (Å²) in [5.41, 5.74) is 0.720. The lowest BCUT2D eigenvalue weighted by Crippen LogP contribution is -2.20. The van der Waals surface area contributed by atoms with Crippen LogP contribution in [0, 0.1) is 0 Å². The van der Waals surface area contributed by atoms with Gasteiger partial charge in [-0.25, -0.2) is 9.89 Å². The smallest absolute Gasteiger partial charge is 0.343 e. The van der Waals surface area contributed by atoms with Gasteiger partial charge in [0.05, 0.1) is 12.8 Å². The molecule has 1 N–H and O–H groups in total. The van der Waals surface area contributed by atoms with E-state index in [0.29, 0.717) is 5.69 Å². The number of ether oxygens (including phenoxy) is 1. The summed E-state index contributed by atoms with van der Waals surface area (Å²) < 4.78 is 4.52. The van der Waals surface area contributed by atoms with Gasteiger partial charge in [0, 0.05) is 5.56 Å². The Hall–Kier alpha value is -2.43. The summed E-state index contributed by atoms with van der Waals surface area (Å²) in [6, 6.07) is 10.7. The summed E-state index contributed by atoms with van der Waals surface area (Å²) in [4.78, 5) is 22.7. The molecule has 1 aromatic carbocycles. The van der Waals surface area contributed by atoms with E-state index in [-0.39, 0.29) is 5.56 Å². The highest BCUT2D eigenvalue weighted by atomic mass is 16.5. The van der Waals surface area contributed by atoms with E-state index in [2.05, 4.69) is 14.9 Å². The molecule has 0 unspecified atom stereocenters. The first-order valence-corrected chi connectivity index (χ1v) is 4.96. The largest absolute Gasteiger partial charge is 0.465 e. The van der Waals surface area contributed by atoms with Crippen molar-refractivity contribution in [1.82, 2.24) is 10.2 Å². The highest BCUT2D eigenvalue weighted by Crippen LogP contribution is 2.15. The lowest BCUT2D eigenvalue weighted by molar-refractivity contribution is 0.0598. The molecule has 0 atom stereocenters. The summed E-state index contributed by atoms with van der Waals surface area (Å²) in [7, 11) is 1.23. The van der Waals surface area contributed by atoms with Crippen LogP contribution in [0.2, 0.25) is 0 Å². The van der Waals surface area contributed by atoms with Crippen LogP contribution in [-0.4, -0.2) is 23.3 Å². The van der Waals surface area contributed by atoms with E-state index in [0.717, 1.165) is 5.56 Å². The normalized spacial score (nSPS) is 9.94. The third-order valence-corrected chi connectivity index (χ3v) is 2.28. The van der Waals surface area contributed by atoms with Crippen LogP contribution >= 0.6 is 0 Å². The number of carbonyl (C=O) groups is 1. The number of methoxy groups -OCH3 is 1. The van der Waals surface area contributed by atoms with Crippen molar-refractivity contribution in [3.8, 4) is 11.3 Å². The van der Waals surface area contributed by atoms with E-state index in [1.807, 2.05) is 30.3 Å². The second-order valence-corrected chi connectivity index (χ2v) is 3.35. The molecule has 0 aliphatic rings. The Bertz CT molecular complexity index is 590. The fourth-order valence-electron chi connectivity index (χ4n) is 1.42. The summed E-state index contributed by atoms with van der Waals surface area (Å²) in [6.07, 6.45) is 0. The molecule has 0 spiro atoms. The molecule has 2 rings (SSSR count). The SMILES string of the molecule is COC(=O)c1cc(-c2ccccc2)n[nH]c1=O. The van der Waals surface area contributed by atoms with Gasteiger partial charge in [0.2, 0.25) is 0 Å². The van der Waals surface area contributed by atoms with Crippen molar-refractivity contribution in [2.45, 2.75) is 0 Å². The maximum absolute atomic E-state index is 11.4. The van der Waals surface area contributed by atoms with Crippen LogP contribution in [0.1, 0.15) is 10.4 Å². The number of aromatic nitrogens is 2. The van der Waals surface area contributed by atoms with Crippen molar-refractivity contribution >= 4 is 5.97 Å². The zero-order valence-corrected chi connectivity index (χ0v) is 9.14. The van der Waals surface area contributed by atoms with Gasteiger partial charge in [0.25, 0.3) is 5.56 Å². The fraction of sp³-hybridized carbons (Fsp3) is 0.0833. The lowest BCUT2D eigenvalue weighted by atomic mass is 10.1. The Morgan fingerprint density at radius 2 is 2.00 bits per heavy atom. The molecule has 5 nitrogen and oxygen atoms in total. The molecule has 0 aliphatic heterocycles. The number of nitrogens with zero attached hydrogens (tertiary/aromatic N) is 1. The van der Waals surface area contributed by atoms with Crippen molar-refractivity contribution in [3.63, 3.8) is 0 Å². The maximum Gasteiger partial charge on any atom is 0.343 e. The molecular weight excluding hydrogens is 220 g/mol. The number of esters is 1. The van der Waals surface area contributed by atoms with Crippen molar-refractivity contribution in [2.75, 3.05) is 7.11 Å². The number of rotatable bonds is 2. The number of hydrogen-bond donors (Lipinski definition) is 1. The molecule has 5 heteroatoms. The number of hydrogen-bond acceptors (Lipinski definition) is 4. The van der Waals surface area contributed by atoms with E-state index >= 15 is 0 Å². The Kier molecular flexibility index (Phi) is 3.00. The minimum Gasteiger partial charge on any atom is -0.465 e. The van der Waals surface area contributed by atoms with Gasteiger partial charge in [-0.15, -0.1) is 0 Å². The quantitative estimate of drug-likeness (QED) is 0.787. The highest BCUT2D eigenvalue weighted by molar-refractivity contribution is 5.89. The summed E-state index contributed by atoms with van der Waals surface area (Å²) in [5.74, 6) is -0.675. The Morgan fingerprint density at radius 3 is 2.65 bits per heavy atom. The molecule has 0 aliphatic carbocycles. The second-order valence-electron chi connectivity index (χ2n) is 3.35. The van der Waals surface area contributed by atoms with Crippen LogP contribution in [0.5, 0.6) is 0 Å². The average molecular weight is 230 g/mol. The van der Waals surface area contributed by atoms with E-state index in [4.69, 9.17) is 0 Å². The van der Waals surface area contributed by atoms with Gasteiger partial charge in [-0.3, -0.25) is 4.79 Å². The number of nitrogens with one attached hydrogen (secondary N) is 1. The van der Waals surface area contributed by atoms with E-state index in [1.165, 1.54) is 13.2 Å². The molecule has 17 heavy (non-hydrogen) atoms. The molecule has 2 aromatic rings. The minimum atomic E-state index is -0.675. The molecule has 0 saturated carbocycles. The number of aromatic amines is 1. The van der Waals surface area contributed by atoms with Crippen molar-refractivity contribution < 1.29 is 9.53 Å². The first-order valence-electron chi connectivity index (χ1n) is 4.96. The third-order valence-electron chi connectivity index (χ3n) is 2.28. The van der Waals surface area contributed by atoms with E-state index < -0.39 is 11.5 Å². The van der Waals surface area contributed by atoms with Crippen molar-refractivity contribution in [1.29, 1.82) is 0 Å². The summed E-state index contributed by atoms with van der Waals surface area (Å²) in [6.45, 7) is 0. The summed E-state index contributed by atoms with van der Waals surface area (Å²) in [5, 5.41) is 6.16. The minimum absolute atomic E-state index is 0.0543. The zero-order chi connectivity index (χ0) is 12.3. The first kappa shape index (κ1) is 11.1. The van der Waals surface area contributed by atoms with Crippen LogP contribution in [0.4, 0.5) is 0 Å². The van der Waals surface area contributed by atoms with Crippen LogP contribution in [0.25, 0.3) is 11.3 Å². The van der Waals surface area contributed by atoms with Crippen LogP contribution < -0.4 is 5.56 Å². The van der Waals surface area contributed by atoms with Crippen LogP contribution in [0.3, 0.4) is 0 Å². The molecular formula is C12H10N2O3. The number of H-pyrrole nitrogens is 1. The third kappa shape index (κ3) is 2.23. The summed E-state index contributed by atoms with van der Waals surface area (Å²) >= 11 is 0. The van der Waals surface area contributed by atoms with Gasteiger partial charge in [0.15, 0.2) is 0 Å². The molecule has 0 bridgehead atoms. The number of carbonyl (C=O) groups excluding carboxylic acids is 1. The predicted octanol–water partition coefficient (Wildman–Crippen LogP) is 1.22.